The third kappa shape index (κ3) is 7.42. The van der Waals surface area contributed by atoms with E-state index in [4.69, 9.17) is 4.42 Å². The third-order valence-electron chi connectivity index (χ3n) is 5.04. The second-order valence-electron chi connectivity index (χ2n) is 7.75. The molecule has 0 bridgehead atoms. The zero-order valence-electron chi connectivity index (χ0n) is 18.8. The first-order chi connectivity index (χ1) is 15.3. The molecule has 1 aromatic carbocycles. The Kier molecular flexibility index (Phi) is 9.75. The Hall–Kier alpha value is -3.33. The number of benzene rings is 1. The van der Waals surface area contributed by atoms with Crippen LogP contribution in [0.5, 0.6) is 0 Å². The molecule has 0 fully saturated rings. The van der Waals surface area contributed by atoms with Gasteiger partial charge in [-0.1, -0.05) is 38.3 Å². The molecule has 174 valence electrons. The molecule has 0 spiro atoms. The molecule has 1 atom stereocenters. The molecule has 1 heterocycles. The first-order valence-corrected chi connectivity index (χ1v) is 10.7. The van der Waals surface area contributed by atoms with E-state index in [1.54, 1.807) is 12.1 Å². The molecule has 0 aliphatic carbocycles. The average Bonchev–Trinajstić information content (AvgIpc) is 3.28. The summed E-state index contributed by atoms with van der Waals surface area (Å²) >= 11 is 0. The van der Waals surface area contributed by atoms with Crippen molar-refractivity contribution in [2.75, 3.05) is 32.2 Å². The van der Waals surface area contributed by atoms with E-state index in [1.807, 2.05) is 50.2 Å². The molecule has 1 aromatic heterocycles. The van der Waals surface area contributed by atoms with Crippen LogP contribution in [0.2, 0.25) is 0 Å². The van der Waals surface area contributed by atoms with Crippen LogP contribution >= 0.6 is 0 Å². The average molecular weight is 445 g/mol. The lowest BCUT2D eigenvalue weighted by atomic mass is 10.0. The van der Waals surface area contributed by atoms with E-state index in [1.165, 1.54) is 0 Å². The molecule has 0 radical (unpaired) electrons. The van der Waals surface area contributed by atoms with Gasteiger partial charge in [0.05, 0.1) is 19.1 Å². The van der Waals surface area contributed by atoms with E-state index < -0.39 is 11.8 Å². The van der Waals surface area contributed by atoms with Gasteiger partial charge in [0.1, 0.15) is 5.76 Å². The fourth-order valence-corrected chi connectivity index (χ4v) is 3.21. The molecule has 0 aliphatic heterocycles. The summed E-state index contributed by atoms with van der Waals surface area (Å²) < 4.78 is 5.68. The number of furan rings is 1. The lowest BCUT2D eigenvalue weighted by Crippen LogP contribution is -2.42. The van der Waals surface area contributed by atoms with Gasteiger partial charge in [-0.2, -0.15) is 0 Å². The fourth-order valence-electron chi connectivity index (χ4n) is 3.21. The van der Waals surface area contributed by atoms with Crippen molar-refractivity contribution in [2.45, 2.75) is 32.6 Å². The van der Waals surface area contributed by atoms with Crippen LogP contribution in [-0.2, 0) is 9.59 Å². The molecule has 1 unspecified atom stereocenters. The summed E-state index contributed by atoms with van der Waals surface area (Å²) in [6.45, 7) is 1.86. The van der Waals surface area contributed by atoms with Crippen LogP contribution in [0.1, 0.15) is 43.2 Å². The van der Waals surface area contributed by atoms with E-state index in [0.29, 0.717) is 17.2 Å². The molecule has 9 heteroatoms. The summed E-state index contributed by atoms with van der Waals surface area (Å²) in [4.78, 5) is 37.5. The lowest BCUT2D eigenvalue weighted by Gasteiger charge is -2.19. The van der Waals surface area contributed by atoms with Crippen molar-refractivity contribution in [2.24, 2.45) is 5.92 Å². The second kappa shape index (κ2) is 12.5. The second-order valence-corrected chi connectivity index (χ2v) is 7.75. The summed E-state index contributed by atoms with van der Waals surface area (Å²) in [6, 6.07) is 11.1. The maximum absolute atomic E-state index is 12.4. The molecule has 9 nitrogen and oxygen atoms in total. The number of nitrogens with one attached hydrogen (secondary N) is 2. The van der Waals surface area contributed by atoms with Gasteiger partial charge in [0.2, 0.25) is 12.3 Å². The molecule has 3 amide bonds. The Bertz CT molecular complexity index is 896. The summed E-state index contributed by atoms with van der Waals surface area (Å²) in [5, 5.41) is 15.1. The third-order valence-corrected chi connectivity index (χ3v) is 5.04. The molecule has 0 saturated heterocycles. The number of carbonyl (C=O) groups excluding carboxylic acids is 3. The predicted octanol–water partition coefficient (Wildman–Crippen LogP) is 2.86. The van der Waals surface area contributed by atoms with Crippen molar-refractivity contribution in [3.05, 3.63) is 42.2 Å². The molecule has 2 rings (SSSR count). The Morgan fingerprint density at radius 3 is 2.62 bits per heavy atom. The van der Waals surface area contributed by atoms with Crippen LogP contribution < -0.4 is 15.5 Å². The highest BCUT2D eigenvalue weighted by Crippen LogP contribution is 2.25. The van der Waals surface area contributed by atoms with Crippen molar-refractivity contribution in [1.82, 2.24) is 15.7 Å². The van der Waals surface area contributed by atoms with Crippen LogP contribution in [-0.4, -0.2) is 55.8 Å². The smallest absolute Gasteiger partial charge is 0.288 e. The van der Waals surface area contributed by atoms with Crippen LogP contribution in [0, 0.1) is 5.92 Å². The fraction of sp³-hybridized carbons (Fsp3) is 0.435. The normalized spacial score (nSPS) is 11.5. The number of carbonyl (C=O) groups is 3. The Morgan fingerprint density at radius 1 is 1.16 bits per heavy atom. The monoisotopic (exact) mass is 444 g/mol. The number of hydroxylamine groups is 2. The Morgan fingerprint density at radius 2 is 1.94 bits per heavy atom. The number of nitrogens with zero attached hydrogens (tertiary/aromatic N) is 2. The van der Waals surface area contributed by atoms with Gasteiger partial charge in [-0.3, -0.25) is 19.6 Å². The molecule has 0 aliphatic rings. The number of unbranched alkanes of at least 4 members (excludes halogenated alkanes) is 2. The van der Waals surface area contributed by atoms with Gasteiger partial charge >= 0.3 is 0 Å². The molecule has 0 saturated carbocycles. The largest absolute Gasteiger partial charge is 0.451 e. The summed E-state index contributed by atoms with van der Waals surface area (Å²) in [6.07, 6.45) is 3.55. The van der Waals surface area contributed by atoms with Crippen molar-refractivity contribution in [3.8, 4) is 11.3 Å². The standard InChI is InChI=1S/C23H32N4O5/c1-4-5-6-8-18(14-27(31)16-28)22(29)24-15-25-23(30)21-12-11-20(32-21)17-9-7-10-19(13-17)26(2)3/h7,9-13,16,18,31H,4-6,8,14-15H2,1-3H3,(H,24,29)(H,25,30). The Balaban J connectivity index is 1.91. The van der Waals surface area contributed by atoms with Gasteiger partial charge in [0.25, 0.3) is 5.91 Å². The number of anilines is 1. The first-order valence-electron chi connectivity index (χ1n) is 10.7. The van der Waals surface area contributed by atoms with Gasteiger partial charge in [-0.05, 0) is 30.7 Å². The highest BCUT2D eigenvalue weighted by molar-refractivity contribution is 5.92. The molecule has 3 N–H and O–H groups in total. The van der Waals surface area contributed by atoms with Crippen LogP contribution in [0.15, 0.2) is 40.8 Å². The van der Waals surface area contributed by atoms with E-state index >= 15 is 0 Å². The quantitative estimate of drug-likeness (QED) is 0.144. The van der Waals surface area contributed by atoms with Crippen LogP contribution in [0.3, 0.4) is 0 Å². The van der Waals surface area contributed by atoms with E-state index in [-0.39, 0.29) is 31.3 Å². The topological polar surface area (TPSA) is 115 Å². The van der Waals surface area contributed by atoms with E-state index in [9.17, 15) is 19.6 Å². The number of amides is 3. The summed E-state index contributed by atoms with van der Waals surface area (Å²) in [7, 11) is 3.89. The maximum atomic E-state index is 12.4. The lowest BCUT2D eigenvalue weighted by molar-refractivity contribution is -0.154. The number of hydrogen-bond donors (Lipinski definition) is 3. The van der Waals surface area contributed by atoms with Gasteiger partial charge in [0.15, 0.2) is 5.76 Å². The minimum Gasteiger partial charge on any atom is -0.451 e. The molecular weight excluding hydrogens is 412 g/mol. The van der Waals surface area contributed by atoms with Crippen molar-refractivity contribution < 1.29 is 24.0 Å². The summed E-state index contributed by atoms with van der Waals surface area (Å²) in [5.74, 6) is -0.669. The van der Waals surface area contributed by atoms with Gasteiger partial charge in [0, 0.05) is 25.3 Å². The van der Waals surface area contributed by atoms with Crippen LogP contribution in [0.4, 0.5) is 5.69 Å². The number of rotatable bonds is 13. The van der Waals surface area contributed by atoms with Gasteiger partial charge in [-0.25, -0.2) is 5.06 Å². The van der Waals surface area contributed by atoms with E-state index in [0.717, 1.165) is 30.5 Å². The van der Waals surface area contributed by atoms with Gasteiger partial charge in [-0.15, -0.1) is 0 Å². The Labute approximate surface area is 188 Å². The molecular formula is C23H32N4O5. The highest BCUT2D eigenvalue weighted by Gasteiger charge is 2.21. The van der Waals surface area contributed by atoms with Crippen molar-refractivity contribution >= 4 is 23.9 Å². The highest BCUT2D eigenvalue weighted by atomic mass is 16.5. The van der Waals surface area contributed by atoms with E-state index in [2.05, 4.69) is 10.6 Å². The SMILES string of the molecule is CCCCCC(CN(O)C=O)C(=O)NCNC(=O)c1ccc(-c2cccc(N(C)C)c2)o1. The molecule has 2 aromatic rings. The van der Waals surface area contributed by atoms with Gasteiger partial charge < -0.3 is 20.0 Å². The zero-order chi connectivity index (χ0) is 23.5. The van der Waals surface area contributed by atoms with Crippen molar-refractivity contribution in [1.29, 1.82) is 0 Å². The zero-order valence-corrected chi connectivity index (χ0v) is 18.8. The minimum atomic E-state index is -0.562. The molecule has 32 heavy (non-hydrogen) atoms. The first kappa shape index (κ1) is 24.9. The maximum Gasteiger partial charge on any atom is 0.288 e. The summed E-state index contributed by atoms with van der Waals surface area (Å²) in [5.41, 5.74) is 1.86. The minimum absolute atomic E-state index is 0.0966. The van der Waals surface area contributed by atoms with Crippen molar-refractivity contribution in [3.63, 3.8) is 0 Å². The number of hydrogen-bond acceptors (Lipinski definition) is 6. The predicted molar refractivity (Wildman–Crippen MR) is 121 cm³/mol. The van der Waals surface area contributed by atoms with Crippen LogP contribution in [0.25, 0.3) is 11.3 Å².